The van der Waals surface area contributed by atoms with Gasteiger partial charge in [-0.3, -0.25) is 0 Å². The van der Waals surface area contributed by atoms with E-state index in [1.165, 1.54) is 0 Å². The van der Waals surface area contributed by atoms with Gasteiger partial charge < -0.3 is 15.6 Å². The third kappa shape index (κ3) is 4.27. The number of hydrogen-bond donors (Lipinski definition) is 2. The summed E-state index contributed by atoms with van der Waals surface area (Å²) in [5, 5.41) is 9.03. The lowest BCUT2D eigenvalue weighted by Gasteiger charge is -2.07. The zero-order valence-corrected chi connectivity index (χ0v) is 9.46. The standard InChI is InChI=1S/C11H15NO2S/c1-8(13)6-7-14-10-4-2-9(3-5-10)11(12)15/h2-5,8,13H,6-7H2,1H3,(H2,12,15). The SMILES string of the molecule is CC(O)CCOc1ccc(C(N)=S)cc1. The molecule has 1 rings (SSSR count). The molecule has 0 spiro atoms. The molecule has 0 heterocycles. The van der Waals surface area contributed by atoms with Crippen LogP contribution in [0.3, 0.4) is 0 Å². The molecule has 0 aliphatic heterocycles. The highest BCUT2D eigenvalue weighted by molar-refractivity contribution is 7.80. The molecular formula is C11H15NO2S. The van der Waals surface area contributed by atoms with Gasteiger partial charge in [0.15, 0.2) is 0 Å². The molecule has 0 radical (unpaired) electrons. The molecule has 15 heavy (non-hydrogen) atoms. The van der Waals surface area contributed by atoms with E-state index in [9.17, 15) is 0 Å². The van der Waals surface area contributed by atoms with Crippen LogP contribution < -0.4 is 10.5 Å². The van der Waals surface area contributed by atoms with E-state index in [-0.39, 0.29) is 6.10 Å². The van der Waals surface area contributed by atoms with Gasteiger partial charge in [0.2, 0.25) is 0 Å². The number of aliphatic hydroxyl groups excluding tert-OH is 1. The van der Waals surface area contributed by atoms with Gasteiger partial charge in [0.05, 0.1) is 12.7 Å². The molecule has 0 saturated heterocycles. The van der Waals surface area contributed by atoms with Crippen molar-refractivity contribution in [2.45, 2.75) is 19.4 Å². The van der Waals surface area contributed by atoms with Crippen molar-refractivity contribution >= 4 is 17.2 Å². The van der Waals surface area contributed by atoms with E-state index < -0.39 is 0 Å². The Morgan fingerprint density at radius 2 is 2.07 bits per heavy atom. The summed E-state index contributed by atoms with van der Waals surface area (Å²) in [6.07, 6.45) is 0.290. The van der Waals surface area contributed by atoms with Crippen molar-refractivity contribution in [2.75, 3.05) is 6.61 Å². The topological polar surface area (TPSA) is 55.5 Å². The second-order valence-corrected chi connectivity index (χ2v) is 3.81. The Balaban J connectivity index is 2.46. The second-order valence-electron chi connectivity index (χ2n) is 3.37. The minimum absolute atomic E-state index is 0.333. The van der Waals surface area contributed by atoms with Crippen molar-refractivity contribution in [1.82, 2.24) is 0 Å². The van der Waals surface area contributed by atoms with E-state index in [1.807, 2.05) is 24.3 Å². The van der Waals surface area contributed by atoms with Crippen molar-refractivity contribution in [3.8, 4) is 5.75 Å². The van der Waals surface area contributed by atoms with Gasteiger partial charge >= 0.3 is 0 Å². The highest BCUT2D eigenvalue weighted by Crippen LogP contribution is 2.12. The molecule has 0 saturated carbocycles. The van der Waals surface area contributed by atoms with Gasteiger partial charge in [0.1, 0.15) is 10.7 Å². The van der Waals surface area contributed by atoms with Gasteiger partial charge in [-0.25, -0.2) is 0 Å². The molecule has 0 bridgehead atoms. The monoisotopic (exact) mass is 225 g/mol. The normalized spacial score (nSPS) is 12.1. The van der Waals surface area contributed by atoms with Gasteiger partial charge in [-0.2, -0.15) is 0 Å². The van der Waals surface area contributed by atoms with Crippen LogP contribution in [-0.2, 0) is 0 Å². The van der Waals surface area contributed by atoms with Gasteiger partial charge in [-0.05, 0) is 31.2 Å². The fraction of sp³-hybridized carbons (Fsp3) is 0.364. The first-order valence-corrected chi connectivity index (χ1v) is 5.21. The first-order chi connectivity index (χ1) is 7.09. The molecule has 1 unspecified atom stereocenters. The van der Waals surface area contributed by atoms with Crippen molar-refractivity contribution in [3.05, 3.63) is 29.8 Å². The molecule has 4 heteroatoms. The number of aliphatic hydroxyl groups is 1. The Morgan fingerprint density at radius 1 is 1.47 bits per heavy atom. The third-order valence-electron chi connectivity index (χ3n) is 1.94. The predicted molar refractivity (Wildman–Crippen MR) is 64.1 cm³/mol. The molecular weight excluding hydrogens is 210 g/mol. The highest BCUT2D eigenvalue weighted by atomic mass is 32.1. The van der Waals surface area contributed by atoms with Crippen molar-refractivity contribution < 1.29 is 9.84 Å². The van der Waals surface area contributed by atoms with Crippen LogP contribution in [0.5, 0.6) is 5.75 Å². The molecule has 0 aliphatic carbocycles. The molecule has 1 aromatic rings. The van der Waals surface area contributed by atoms with Crippen LogP contribution in [-0.4, -0.2) is 22.8 Å². The molecule has 3 nitrogen and oxygen atoms in total. The zero-order valence-electron chi connectivity index (χ0n) is 8.64. The van der Waals surface area contributed by atoms with Crippen LogP contribution in [0.15, 0.2) is 24.3 Å². The maximum absolute atomic E-state index is 9.03. The zero-order chi connectivity index (χ0) is 11.3. The Labute approximate surface area is 94.9 Å². The molecule has 0 fully saturated rings. The van der Waals surface area contributed by atoms with Crippen molar-refractivity contribution in [3.63, 3.8) is 0 Å². The van der Waals surface area contributed by atoms with Crippen LogP contribution in [0.1, 0.15) is 18.9 Å². The first kappa shape index (κ1) is 11.9. The lowest BCUT2D eigenvalue weighted by atomic mass is 10.2. The van der Waals surface area contributed by atoms with Crippen molar-refractivity contribution in [2.24, 2.45) is 5.73 Å². The fourth-order valence-corrected chi connectivity index (χ4v) is 1.20. The summed E-state index contributed by atoms with van der Waals surface area (Å²) in [6, 6.07) is 7.27. The van der Waals surface area contributed by atoms with E-state index in [0.29, 0.717) is 18.0 Å². The molecule has 1 aromatic carbocycles. The summed E-state index contributed by atoms with van der Waals surface area (Å²) in [4.78, 5) is 0.380. The molecule has 3 N–H and O–H groups in total. The van der Waals surface area contributed by atoms with Crippen molar-refractivity contribution in [1.29, 1.82) is 0 Å². The van der Waals surface area contributed by atoms with Gasteiger partial charge in [0, 0.05) is 12.0 Å². The van der Waals surface area contributed by atoms with Gasteiger partial charge in [-0.1, -0.05) is 12.2 Å². The second kappa shape index (κ2) is 5.68. The third-order valence-corrected chi connectivity index (χ3v) is 2.18. The van der Waals surface area contributed by atoms with Crippen LogP contribution in [0.25, 0.3) is 0 Å². The first-order valence-electron chi connectivity index (χ1n) is 4.80. The quantitative estimate of drug-likeness (QED) is 0.745. The largest absolute Gasteiger partial charge is 0.493 e. The molecule has 0 amide bonds. The summed E-state index contributed by atoms with van der Waals surface area (Å²) in [5.74, 6) is 0.760. The van der Waals surface area contributed by atoms with E-state index in [0.717, 1.165) is 11.3 Å². The Morgan fingerprint density at radius 3 is 2.53 bits per heavy atom. The van der Waals surface area contributed by atoms with E-state index in [2.05, 4.69) is 0 Å². The predicted octanol–water partition coefficient (Wildman–Crippen LogP) is 1.47. The smallest absolute Gasteiger partial charge is 0.119 e. The number of rotatable bonds is 5. The summed E-state index contributed by atoms with van der Waals surface area (Å²) in [7, 11) is 0. The maximum atomic E-state index is 9.03. The number of nitrogens with two attached hydrogens (primary N) is 1. The summed E-state index contributed by atoms with van der Waals surface area (Å²) in [5.41, 5.74) is 6.29. The van der Waals surface area contributed by atoms with Crippen LogP contribution >= 0.6 is 12.2 Å². The molecule has 1 atom stereocenters. The summed E-state index contributed by atoms with van der Waals surface area (Å²) < 4.78 is 5.41. The number of hydrogen-bond acceptors (Lipinski definition) is 3. The van der Waals surface area contributed by atoms with E-state index >= 15 is 0 Å². The Bertz CT molecular complexity index is 322. The number of benzene rings is 1. The number of thiocarbonyl (C=S) groups is 1. The van der Waals surface area contributed by atoms with Gasteiger partial charge in [0.25, 0.3) is 0 Å². The van der Waals surface area contributed by atoms with E-state index in [4.69, 9.17) is 27.8 Å². The van der Waals surface area contributed by atoms with E-state index in [1.54, 1.807) is 6.92 Å². The van der Waals surface area contributed by atoms with Crippen LogP contribution in [0.4, 0.5) is 0 Å². The Kier molecular flexibility index (Phi) is 4.52. The van der Waals surface area contributed by atoms with Crippen LogP contribution in [0.2, 0.25) is 0 Å². The Hall–Kier alpha value is -1.13. The summed E-state index contributed by atoms with van der Waals surface area (Å²) in [6.45, 7) is 2.24. The minimum Gasteiger partial charge on any atom is -0.493 e. The summed E-state index contributed by atoms with van der Waals surface area (Å²) >= 11 is 4.83. The molecule has 82 valence electrons. The highest BCUT2D eigenvalue weighted by Gasteiger charge is 1.99. The average molecular weight is 225 g/mol. The minimum atomic E-state index is -0.333. The number of ether oxygens (including phenoxy) is 1. The lowest BCUT2D eigenvalue weighted by Crippen LogP contribution is -2.09. The maximum Gasteiger partial charge on any atom is 0.119 e. The molecule has 0 aromatic heterocycles. The van der Waals surface area contributed by atoms with Crippen LogP contribution in [0, 0.1) is 0 Å². The lowest BCUT2D eigenvalue weighted by molar-refractivity contribution is 0.155. The van der Waals surface area contributed by atoms with Gasteiger partial charge in [-0.15, -0.1) is 0 Å². The average Bonchev–Trinajstić information content (AvgIpc) is 2.18. The molecule has 0 aliphatic rings. The fourth-order valence-electron chi connectivity index (χ4n) is 1.06.